The van der Waals surface area contributed by atoms with Gasteiger partial charge in [-0.15, -0.1) is 11.3 Å². The highest BCUT2D eigenvalue weighted by Crippen LogP contribution is 2.43. The van der Waals surface area contributed by atoms with E-state index in [4.69, 9.17) is 4.74 Å². The van der Waals surface area contributed by atoms with E-state index in [1.807, 2.05) is 27.3 Å². The van der Waals surface area contributed by atoms with Gasteiger partial charge in [0.05, 0.1) is 11.5 Å². The van der Waals surface area contributed by atoms with Gasteiger partial charge in [0.1, 0.15) is 11.8 Å². The van der Waals surface area contributed by atoms with Crippen molar-refractivity contribution in [2.75, 3.05) is 39.8 Å². The molecular weight excluding hydrogens is 362 g/mol. The van der Waals surface area contributed by atoms with E-state index in [1.165, 1.54) is 11.3 Å². The molecule has 1 aliphatic carbocycles. The van der Waals surface area contributed by atoms with E-state index in [0.717, 1.165) is 51.9 Å². The molecule has 1 spiro atoms. The Kier molecular flexibility index (Phi) is 5.27. The highest BCUT2D eigenvalue weighted by Gasteiger charge is 2.54. The van der Waals surface area contributed by atoms with Gasteiger partial charge in [0.15, 0.2) is 0 Å². The second-order valence-corrected chi connectivity index (χ2v) is 9.18. The summed E-state index contributed by atoms with van der Waals surface area (Å²) in [4.78, 5) is 33.3. The number of amides is 2. The Hall–Kier alpha value is -1.44. The zero-order chi connectivity index (χ0) is 19.0. The SMILES string of the molecule is CC1CCC2(CC1)OCC(C(=O)N1CCN(C)CC1)N2C(=O)c1cccs1. The smallest absolute Gasteiger partial charge is 0.266 e. The van der Waals surface area contributed by atoms with Crippen LogP contribution in [0.15, 0.2) is 17.5 Å². The zero-order valence-electron chi connectivity index (χ0n) is 16.2. The van der Waals surface area contributed by atoms with E-state index < -0.39 is 11.8 Å². The summed E-state index contributed by atoms with van der Waals surface area (Å²) in [6.07, 6.45) is 3.70. The van der Waals surface area contributed by atoms with Crippen molar-refractivity contribution in [2.24, 2.45) is 5.92 Å². The average Bonchev–Trinajstić information content (AvgIpc) is 3.33. The van der Waals surface area contributed by atoms with Crippen LogP contribution in [0.5, 0.6) is 0 Å². The number of rotatable bonds is 2. The van der Waals surface area contributed by atoms with Crippen LogP contribution >= 0.6 is 11.3 Å². The van der Waals surface area contributed by atoms with Gasteiger partial charge in [0.2, 0.25) is 5.91 Å². The monoisotopic (exact) mass is 391 g/mol. The van der Waals surface area contributed by atoms with Crippen LogP contribution < -0.4 is 0 Å². The van der Waals surface area contributed by atoms with Crippen LogP contribution in [0.2, 0.25) is 0 Å². The van der Waals surface area contributed by atoms with Crippen molar-refractivity contribution in [3.63, 3.8) is 0 Å². The summed E-state index contributed by atoms with van der Waals surface area (Å²) >= 11 is 1.44. The molecule has 0 N–H and O–H groups in total. The molecule has 3 fully saturated rings. The molecule has 1 atom stereocenters. The fraction of sp³-hybridized carbons (Fsp3) is 0.700. The standard InChI is InChI=1S/C20H29N3O3S/c1-15-5-7-20(8-6-15)23(19(25)17-4-3-13-27-17)16(14-26-20)18(24)22-11-9-21(2)10-12-22/h3-4,13,15-16H,5-12,14H2,1-2H3. The van der Waals surface area contributed by atoms with Crippen LogP contribution in [-0.4, -0.2) is 78.1 Å². The van der Waals surface area contributed by atoms with Crippen molar-refractivity contribution in [3.8, 4) is 0 Å². The van der Waals surface area contributed by atoms with E-state index in [0.29, 0.717) is 17.4 Å². The van der Waals surface area contributed by atoms with Crippen molar-refractivity contribution in [2.45, 2.75) is 44.4 Å². The Bertz CT molecular complexity index is 677. The maximum absolute atomic E-state index is 13.4. The molecule has 0 radical (unpaired) electrons. The molecule has 148 valence electrons. The van der Waals surface area contributed by atoms with Gasteiger partial charge in [-0.05, 0) is 50.1 Å². The van der Waals surface area contributed by atoms with Crippen molar-refractivity contribution in [1.29, 1.82) is 0 Å². The summed E-state index contributed by atoms with van der Waals surface area (Å²) in [6.45, 7) is 5.76. The number of carbonyl (C=O) groups is 2. The summed E-state index contributed by atoms with van der Waals surface area (Å²) in [5.41, 5.74) is -0.611. The van der Waals surface area contributed by atoms with Gasteiger partial charge in [-0.25, -0.2) is 0 Å². The Morgan fingerprint density at radius 3 is 2.52 bits per heavy atom. The molecule has 4 rings (SSSR count). The van der Waals surface area contributed by atoms with Crippen molar-refractivity contribution >= 4 is 23.2 Å². The van der Waals surface area contributed by atoms with Crippen LogP contribution in [0, 0.1) is 5.92 Å². The second-order valence-electron chi connectivity index (χ2n) is 8.24. The van der Waals surface area contributed by atoms with Gasteiger partial charge in [0.25, 0.3) is 5.91 Å². The normalized spacial score (nSPS) is 32.2. The van der Waals surface area contributed by atoms with Crippen molar-refractivity contribution in [3.05, 3.63) is 22.4 Å². The van der Waals surface area contributed by atoms with Gasteiger partial charge in [0, 0.05) is 26.2 Å². The Balaban J connectivity index is 1.60. The molecule has 3 heterocycles. The molecule has 6 nitrogen and oxygen atoms in total. The summed E-state index contributed by atoms with van der Waals surface area (Å²) in [5.74, 6) is 0.637. The average molecular weight is 392 g/mol. The summed E-state index contributed by atoms with van der Waals surface area (Å²) in [6, 6.07) is 3.24. The molecule has 7 heteroatoms. The Morgan fingerprint density at radius 2 is 1.89 bits per heavy atom. The predicted octanol–water partition coefficient (Wildman–Crippen LogP) is 2.27. The number of thiophene rings is 1. The van der Waals surface area contributed by atoms with Gasteiger partial charge >= 0.3 is 0 Å². The molecule has 0 aromatic carbocycles. The van der Waals surface area contributed by atoms with E-state index in [1.54, 1.807) is 0 Å². The fourth-order valence-electron chi connectivity index (χ4n) is 4.53. The van der Waals surface area contributed by atoms with E-state index in [-0.39, 0.29) is 11.8 Å². The first-order valence-electron chi connectivity index (χ1n) is 9.99. The lowest BCUT2D eigenvalue weighted by Gasteiger charge is -2.43. The van der Waals surface area contributed by atoms with E-state index in [2.05, 4.69) is 18.9 Å². The molecule has 2 amide bonds. The molecular formula is C20H29N3O3S. The van der Waals surface area contributed by atoms with E-state index >= 15 is 0 Å². The van der Waals surface area contributed by atoms with E-state index in [9.17, 15) is 9.59 Å². The summed E-state index contributed by atoms with van der Waals surface area (Å²) in [7, 11) is 2.07. The maximum atomic E-state index is 13.4. The number of piperazine rings is 1. The molecule has 1 saturated carbocycles. The first-order chi connectivity index (χ1) is 13.0. The van der Waals surface area contributed by atoms with Gasteiger partial charge in [-0.3, -0.25) is 14.5 Å². The Morgan fingerprint density at radius 1 is 1.19 bits per heavy atom. The molecule has 0 bridgehead atoms. The summed E-state index contributed by atoms with van der Waals surface area (Å²) in [5, 5.41) is 1.91. The third-order valence-corrected chi connectivity index (χ3v) is 7.22. The summed E-state index contributed by atoms with van der Waals surface area (Å²) < 4.78 is 6.26. The van der Waals surface area contributed by atoms with Gasteiger partial charge in [-0.1, -0.05) is 13.0 Å². The molecule has 27 heavy (non-hydrogen) atoms. The van der Waals surface area contributed by atoms with Crippen molar-refractivity contribution < 1.29 is 14.3 Å². The number of hydrogen-bond donors (Lipinski definition) is 0. The van der Waals surface area contributed by atoms with Crippen LogP contribution in [0.3, 0.4) is 0 Å². The largest absolute Gasteiger partial charge is 0.353 e. The predicted molar refractivity (Wildman–Crippen MR) is 105 cm³/mol. The zero-order valence-corrected chi connectivity index (χ0v) is 17.0. The van der Waals surface area contributed by atoms with Crippen LogP contribution in [-0.2, 0) is 9.53 Å². The quantitative estimate of drug-likeness (QED) is 0.776. The third-order valence-electron chi connectivity index (χ3n) is 6.37. The fourth-order valence-corrected chi connectivity index (χ4v) is 5.19. The molecule has 1 unspecified atom stereocenters. The molecule has 1 aromatic heterocycles. The molecule has 1 aromatic rings. The van der Waals surface area contributed by atoms with Crippen molar-refractivity contribution in [1.82, 2.24) is 14.7 Å². The first-order valence-corrected chi connectivity index (χ1v) is 10.9. The van der Waals surface area contributed by atoms with Crippen LogP contribution in [0.1, 0.15) is 42.3 Å². The number of hydrogen-bond acceptors (Lipinski definition) is 5. The lowest BCUT2D eigenvalue weighted by Crippen LogP contribution is -2.59. The van der Waals surface area contributed by atoms with Gasteiger partial charge in [-0.2, -0.15) is 0 Å². The lowest BCUT2D eigenvalue weighted by atomic mass is 9.83. The lowest BCUT2D eigenvalue weighted by molar-refractivity contribution is -0.139. The van der Waals surface area contributed by atoms with Crippen LogP contribution in [0.4, 0.5) is 0 Å². The van der Waals surface area contributed by atoms with Crippen LogP contribution in [0.25, 0.3) is 0 Å². The van der Waals surface area contributed by atoms with Gasteiger partial charge < -0.3 is 14.5 Å². The molecule has 2 saturated heterocycles. The number of likely N-dealkylation sites (N-methyl/N-ethyl adjacent to an activating group) is 1. The molecule has 3 aliphatic rings. The number of nitrogens with zero attached hydrogens (tertiary/aromatic N) is 3. The highest BCUT2D eigenvalue weighted by molar-refractivity contribution is 7.12. The maximum Gasteiger partial charge on any atom is 0.266 e. The minimum absolute atomic E-state index is 0.0449. The number of ether oxygens (including phenoxy) is 1. The first kappa shape index (κ1) is 18.9. The third kappa shape index (κ3) is 3.52. The number of carbonyl (C=O) groups excluding carboxylic acids is 2. The second kappa shape index (κ2) is 7.53. The highest BCUT2D eigenvalue weighted by atomic mass is 32.1. The topological polar surface area (TPSA) is 53.1 Å². The molecule has 2 aliphatic heterocycles. The minimum Gasteiger partial charge on any atom is -0.353 e. The Labute approximate surface area is 165 Å². The minimum atomic E-state index is -0.611.